The lowest BCUT2D eigenvalue weighted by atomic mass is 9.90. The van der Waals surface area contributed by atoms with Crippen molar-refractivity contribution >= 4 is 8.32 Å². The lowest BCUT2D eigenvalue weighted by molar-refractivity contribution is 0.218. The Balaban J connectivity index is 2.56. The summed E-state index contributed by atoms with van der Waals surface area (Å²) >= 11 is 0. The van der Waals surface area contributed by atoms with E-state index < -0.39 is 14.4 Å². The lowest BCUT2D eigenvalue weighted by Crippen LogP contribution is -2.50. The first kappa shape index (κ1) is 25.5. The fourth-order valence-corrected chi connectivity index (χ4v) is 10.6. The first-order valence-electron chi connectivity index (χ1n) is 11.6. The van der Waals surface area contributed by atoms with Crippen molar-refractivity contribution in [3.05, 3.63) is 58.1 Å². The van der Waals surface area contributed by atoms with Crippen molar-refractivity contribution in [2.24, 2.45) is 0 Å². The Bertz CT molecular complexity index is 855. The van der Waals surface area contributed by atoms with Crippen molar-refractivity contribution in [2.75, 3.05) is 0 Å². The van der Waals surface area contributed by atoms with E-state index in [4.69, 9.17) is 4.43 Å². The van der Waals surface area contributed by atoms with Crippen molar-refractivity contribution in [1.82, 2.24) is 0 Å². The molecule has 1 atom stereocenters. The summed E-state index contributed by atoms with van der Waals surface area (Å²) in [6, 6.07) is 9.59. The smallest absolute Gasteiger partial charge is 0.258 e. The number of aromatic hydroxyl groups is 1. The number of aliphatic hydroxyl groups excluding tert-OH is 1. The van der Waals surface area contributed by atoms with Crippen molar-refractivity contribution in [3.63, 3.8) is 0 Å². The first-order chi connectivity index (χ1) is 14.3. The highest BCUT2D eigenvalue weighted by atomic mass is 28.4. The van der Waals surface area contributed by atoms with Crippen LogP contribution >= 0.6 is 0 Å². The molecule has 2 aromatic rings. The Hall–Kier alpha value is -1.78. The molecule has 0 saturated carbocycles. The van der Waals surface area contributed by atoms with Crippen LogP contribution < -0.4 is 4.43 Å². The maximum Gasteiger partial charge on any atom is 0.258 e. The second kappa shape index (κ2) is 9.79. The molecule has 0 saturated heterocycles. The van der Waals surface area contributed by atoms with Crippen molar-refractivity contribution in [1.29, 1.82) is 0 Å². The van der Waals surface area contributed by atoms with Crippen LogP contribution in [0.15, 0.2) is 30.3 Å². The Morgan fingerprint density at radius 1 is 0.774 bits per heavy atom. The molecule has 0 spiro atoms. The van der Waals surface area contributed by atoms with E-state index in [0.29, 0.717) is 16.6 Å². The Kier molecular flexibility index (Phi) is 8.04. The third kappa shape index (κ3) is 5.01. The van der Waals surface area contributed by atoms with Gasteiger partial charge >= 0.3 is 0 Å². The van der Waals surface area contributed by atoms with Crippen LogP contribution in [0.4, 0.5) is 0 Å². The van der Waals surface area contributed by atoms with Gasteiger partial charge in [0.1, 0.15) is 17.6 Å². The minimum atomic E-state index is -2.07. The number of benzene rings is 2. The first-order valence-corrected chi connectivity index (χ1v) is 13.8. The summed E-state index contributed by atoms with van der Waals surface area (Å²) in [5.41, 5.74) is 6.14. The van der Waals surface area contributed by atoms with Gasteiger partial charge in [0.05, 0.1) is 0 Å². The standard InChI is InChI=1S/C27H42O3Si/c1-16(2)24-15-22(27(29)26-20(9)13-23(28)14-21(26)10)11-12-25(24)30-31(17(3)4,18(5)6)19(7)8/h11-19,27-29H,1-10H3. The van der Waals surface area contributed by atoms with Crippen LogP contribution in [0.25, 0.3) is 0 Å². The van der Waals surface area contributed by atoms with Gasteiger partial charge in [-0.2, -0.15) is 0 Å². The molecule has 0 fully saturated rings. The summed E-state index contributed by atoms with van der Waals surface area (Å²) in [5, 5.41) is 21.1. The summed E-state index contributed by atoms with van der Waals surface area (Å²) in [6.07, 6.45) is -0.741. The maximum absolute atomic E-state index is 11.2. The molecule has 2 N–H and O–H groups in total. The van der Waals surface area contributed by atoms with Crippen LogP contribution in [0.2, 0.25) is 16.6 Å². The highest BCUT2D eigenvalue weighted by molar-refractivity contribution is 6.78. The number of rotatable bonds is 8. The third-order valence-electron chi connectivity index (χ3n) is 6.82. The number of aliphatic hydroxyl groups is 1. The van der Waals surface area contributed by atoms with Crippen LogP contribution in [0.3, 0.4) is 0 Å². The molecule has 0 amide bonds. The van der Waals surface area contributed by atoms with Crippen LogP contribution in [0.5, 0.6) is 11.5 Å². The number of phenolic OH excluding ortho intramolecular Hbond substituents is 1. The van der Waals surface area contributed by atoms with Gasteiger partial charge in [-0.1, -0.05) is 61.5 Å². The predicted molar refractivity (Wildman–Crippen MR) is 134 cm³/mol. The van der Waals surface area contributed by atoms with Gasteiger partial charge in [-0.05, 0) is 88.5 Å². The zero-order valence-electron chi connectivity index (χ0n) is 21.1. The Morgan fingerprint density at radius 2 is 1.26 bits per heavy atom. The van der Waals surface area contributed by atoms with Crippen molar-refractivity contribution < 1.29 is 14.6 Å². The van der Waals surface area contributed by atoms with Gasteiger partial charge in [-0.15, -0.1) is 0 Å². The van der Waals surface area contributed by atoms with E-state index in [0.717, 1.165) is 33.6 Å². The fraction of sp³-hybridized carbons (Fsp3) is 0.556. The average molecular weight is 443 g/mol. The molecule has 3 nitrogen and oxygen atoms in total. The van der Waals surface area contributed by atoms with E-state index in [-0.39, 0.29) is 11.7 Å². The maximum atomic E-state index is 11.2. The molecular formula is C27H42O3Si. The number of hydrogen-bond donors (Lipinski definition) is 2. The zero-order valence-corrected chi connectivity index (χ0v) is 22.1. The molecule has 0 bridgehead atoms. The number of hydrogen-bond acceptors (Lipinski definition) is 3. The summed E-state index contributed by atoms with van der Waals surface area (Å²) < 4.78 is 7.01. The highest BCUT2D eigenvalue weighted by Gasteiger charge is 2.47. The molecule has 0 aliphatic heterocycles. The van der Waals surface area contributed by atoms with Gasteiger partial charge in [-0.3, -0.25) is 0 Å². The van der Waals surface area contributed by atoms with Gasteiger partial charge in [0.25, 0.3) is 8.32 Å². The molecule has 0 radical (unpaired) electrons. The number of aryl methyl sites for hydroxylation is 2. The lowest BCUT2D eigenvalue weighted by Gasteiger charge is -2.43. The molecular weight excluding hydrogens is 400 g/mol. The fourth-order valence-electron chi connectivity index (χ4n) is 5.37. The van der Waals surface area contributed by atoms with Crippen LogP contribution in [0.1, 0.15) is 95.2 Å². The SMILES string of the molecule is Cc1cc(O)cc(C)c1C(O)c1ccc(O[Si](C(C)C)(C(C)C)C(C)C)c(C(C)C)c1. The molecule has 4 heteroatoms. The van der Waals surface area contributed by atoms with E-state index in [1.165, 1.54) is 0 Å². The van der Waals surface area contributed by atoms with Gasteiger partial charge in [0.2, 0.25) is 0 Å². The Labute approximate surface area is 190 Å². The van der Waals surface area contributed by atoms with E-state index in [1.54, 1.807) is 12.1 Å². The van der Waals surface area contributed by atoms with Gasteiger partial charge in [0.15, 0.2) is 0 Å². The summed E-state index contributed by atoms with van der Waals surface area (Å²) in [4.78, 5) is 0. The van der Waals surface area contributed by atoms with E-state index >= 15 is 0 Å². The van der Waals surface area contributed by atoms with Crippen LogP contribution in [0, 0.1) is 13.8 Å². The largest absolute Gasteiger partial charge is 0.542 e. The average Bonchev–Trinajstić information content (AvgIpc) is 2.64. The second-order valence-corrected chi connectivity index (χ2v) is 15.6. The quantitative estimate of drug-likeness (QED) is 0.410. The minimum absolute atomic E-state index is 0.231. The molecule has 0 aromatic heterocycles. The minimum Gasteiger partial charge on any atom is -0.542 e. The van der Waals surface area contributed by atoms with Crippen LogP contribution in [-0.4, -0.2) is 18.5 Å². The van der Waals surface area contributed by atoms with Crippen LogP contribution in [-0.2, 0) is 0 Å². The predicted octanol–water partition coefficient (Wildman–Crippen LogP) is 7.77. The number of phenols is 1. The van der Waals surface area contributed by atoms with E-state index in [2.05, 4.69) is 67.5 Å². The molecule has 1 unspecified atom stereocenters. The zero-order chi connectivity index (χ0) is 23.7. The van der Waals surface area contributed by atoms with Gasteiger partial charge < -0.3 is 14.6 Å². The monoisotopic (exact) mass is 442 g/mol. The molecule has 2 rings (SSSR count). The van der Waals surface area contributed by atoms with E-state index in [9.17, 15) is 10.2 Å². The third-order valence-corrected chi connectivity index (χ3v) is 12.8. The summed E-state index contributed by atoms with van der Waals surface area (Å²) in [7, 11) is -2.07. The molecule has 172 valence electrons. The molecule has 31 heavy (non-hydrogen) atoms. The normalized spacial score (nSPS) is 13.5. The van der Waals surface area contributed by atoms with Gasteiger partial charge in [0, 0.05) is 0 Å². The molecule has 0 aliphatic carbocycles. The molecule has 0 heterocycles. The topological polar surface area (TPSA) is 49.7 Å². The highest BCUT2D eigenvalue weighted by Crippen LogP contribution is 2.45. The van der Waals surface area contributed by atoms with Crippen molar-refractivity contribution in [3.8, 4) is 11.5 Å². The molecule has 2 aromatic carbocycles. The van der Waals surface area contributed by atoms with Gasteiger partial charge in [-0.25, -0.2) is 0 Å². The second-order valence-electron chi connectivity index (χ2n) is 10.3. The summed E-state index contributed by atoms with van der Waals surface area (Å²) in [6.45, 7) is 22.0. The Morgan fingerprint density at radius 3 is 1.68 bits per heavy atom. The van der Waals surface area contributed by atoms with E-state index in [1.807, 2.05) is 19.9 Å². The summed E-state index contributed by atoms with van der Waals surface area (Å²) in [5.74, 6) is 1.48. The van der Waals surface area contributed by atoms with Crippen molar-refractivity contribution in [2.45, 2.75) is 97.9 Å². The molecule has 0 aliphatic rings.